The summed E-state index contributed by atoms with van der Waals surface area (Å²) in [5, 5.41) is 11.2. The zero-order chi connectivity index (χ0) is 14.2. The van der Waals surface area contributed by atoms with Gasteiger partial charge in [-0.25, -0.2) is 4.98 Å². The van der Waals surface area contributed by atoms with E-state index < -0.39 is 24.1 Å². The molecule has 2 heterocycles. The van der Waals surface area contributed by atoms with E-state index in [0.29, 0.717) is 0 Å². The standard InChI is InChI=1S/C10H6F3N3O3/c11-10(12,13)5-1-2-16-7(3-5)14-6(4-8(17)18)9(16)15-19/h1-3H,4H2,(H,17,18). The van der Waals surface area contributed by atoms with Crippen LogP contribution in [0.25, 0.3) is 5.65 Å². The number of hydrogen-bond acceptors (Lipinski definition) is 4. The van der Waals surface area contributed by atoms with E-state index in [1.165, 1.54) is 0 Å². The van der Waals surface area contributed by atoms with E-state index >= 15 is 0 Å². The normalized spacial score (nSPS) is 11.7. The predicted octanol–water partition coefficient (Wildman–Crippen LogP) is 2.38. The fraction of sp³-hybridized carbons (Fsp3) is 0.200. The molecule has 0 saturated carbocycles. The van der Waals surface area contributed by atoms with Crippen LogP contribution in [0, 0.1) is 4.91 Å². The fourth-order valence-electron chi connectivity index (χ4n) is 1.62. The average Bonchev–Trinajstić information content (AvgIpc) is 2.62. The molecule has 0 aliphatic carbocycles. The van der Waals surface area contributed by atoms with E-state index in [1.807, 2.05) is 0 Å². The minimum atomic E-state index is -4.55. The Bertz CT molecular complexity index is 663. The van der Waals surface area contributed by atoms with Crippen LogP contribution in [0.2, 0.25) is 0 Å². The minimum Gasteiger partial charge on any atom is -0.481 e. The lowest BCUT2D eigenvalue weighted by Gasteiger charge is -2.05. The first kappa shape index (κ1) is 13.0. The number of fused-ring (bicyclic) bond motifs is 1. The molecule has 0 saturated heterocycles. The molecule has 0 aromatic carbocycles. The molecule has 0 amide bonds. The molecule has 0 fully saturated rings. The summed E-state index contributed by atoms with van der Waals surface area (Å²) in [6.45, 7) is 0. The molecule has 9 heteroatoms. The van der Waals surface area contributed by atoms with Crippen molar-refractivity contribution in [2.24, 2.45) is 5.18 Å². The monoisotopic (exact) mass is 273 g/mol. The molecule has 19 heavy (non-hydrogen) atoms. The minimum absolute atomic E-state index is 0.179. The van der Waals surface area contributed by atoms with E-state index in [-0.39, 0.29) is 17.2 Å². The van der Waals surface area contributed by atoms with Gasteiger partial charge >= 0.3 is 12.1 Å². The maximum Gasteiger partial charge on any atom is 0.416 e. The zero-order valence-corrected chi connectivity index (χ0v) is 9.18. The van der Waals surface area contributed by atoms with E-state index in [0.717, 1.165) is 22.7 Å². The Morgan fingerprint density at radius 2 is 2.16 bits per heavy atom. The molecule has 6 nitrogen and oxygen atoms in total. The number of imidazole rings is 1. The van der Waals surface area contributed by atoms with Crippen molar-refractivity contribution in [1.82, 2.24) is 9.38 Å². The van der Waals surface area contributed by atoms with Crippen molar-refractivity contribution in [2.75, 3.05) is 0 Å². The number of nitroso groups, excluding NO2 is 1. The fourth-order valence-corrected chi connectivity index (χ4v) is 1.62. The van der Waals surface area contributed by atoms with Gasteiger partial charge in [0.1, 0.15) is 11.3 Å². The van der Waals surface area contributed by atoms with Gasteiger partial charge in [0.2, 0.25) is 5.82 Å². The number of carboxylic acid groups (broad SMARTS) is 1. The summed E-state index contributed by atoms with van der Waals surface area (Å²) in [4.78, 5) is 24.9. The van der Waals surface area contributed by atoms with E-state index in [9.17, 15) is 22.9 Å². The van der Waals surface area contributed by atoms with Crippen LogP contribution >= 0.6 is 0 Å². The summed E-state index contributed by atoms with van der Waals surface area (Å²) in [5.74, 6) is -1.57. The summed E-state index contributed by atoms with van der Waals surface area (Å²) in [6, 6.07) is 1.48. The lowest BCUT2D eigenvalue weighted by atomic mass is 10.2. The molecule has 2 aromatic heterocycles. The van der Waals surface area contributed by atoms with Crippen LogP contribution in [0.1, 0.15) is 11.3 Å². The highest BCUT2D eigenvalue weighted by Crippen LogP contribution is 2.31. The Morgan fingerprint density at radius 1 is 1.47 bits per heavy atom. The number of carbonyl (C=O) groups is 1. The lowest BCUT2D eigenvalue weighted by molar-refractivity contribution is -0.138. The highest BCUT2D eigenvalue weighted by atomic mass is 19.4. The SMILES string of the molecule is O=Nc1c(CC(=O)O)nc2cc(C(F)(F)F)ccn12. The number of carboxylic acids is 1. The second-order valence-electron chi connectivity index (χ2n) is 3.69. The van der Waals surface area contributed by atoms with Crippen molar-refractivity contribution < 1.29 is 23.1 Å². The van der Waals surface area contributed by atoms with Crippen LogP contribution in [-0.4, -0.2) is 20.5 Å². The molecular weight excluding hydrogens is 267 g/mol. The van der Waals surface area contributed by atoms with Crippen molar-refractivity contribution in [3.05, 3.63) is 34.5 Å². The van der Waals surface area contributed by atoms with Crippen LogP contribution in [0.5, 0.6) is 0 Å². The third-order valence-corrected chi connectivity index (χ3v) is 2.40. The third kappa shape index (κ3) is 2.39. The molecule has 2 rings (SSSR count). The maximum atomic E-state index is 12.5. The molecule has 0 aliphatic heterocycles. The molecule has 0 bridgehead atoms. The topological polar surface area (TPSA) is 84.0 Å². The number of pyridine rings is 1. The molecule has 0 unspecified atom stereocenters. The first-order valence-corrected chi connectivity index (χ1v) is 4.96. The summed E-state index contributed by atoms with van der Waals surface area (Å²) >= 11 is 0. The number of aliphatic carboxylic acids is 1. The molecule has 0 aliphatic rings. The number of aromatic nitrogens is 2. The second-order valence-corrected chi connectivity index (χ2v) is 3.69. The lowest BCUT2D eigenvalue weighted by Crippen LogP contribution is -2.05. The van der Waals surface area contributed by atoms with E-state index in [1.54, 1.807) is 0 Å². The van der Waals surface area contributed by atoms with Crippen LogP contribution in [-0.2, 0) is 17.4 Å². The Labute approximate surface area is 103 Å². The predicted molar refractivity (Wildman–Crippen MR) is 57.0 cm³/mol. The molecule has 1 N–H and O–H groups in total. The quantitative estimate of drug-likeness (QED) is 0.870. The first-order chi connectivity index (χ1) is 8.82. The van der Waals surface area contributed by atoms with E-state index in [4.69, 9.17) is 5.11 Å². The number of rotatable bonds is 3. The molecule has 2 aromatic rings. The van der Waals surface area contributed by atoms with Gasteiger partial charge in [0.05, 0.1) is 12.0 Å². The molecule has 0 atom stereocenters. The van der Waals surface area contributed by atoms with Crippen molar-refractivity contribution in [3.63, 3.8) is 0 Å². The molecule has 0 spiro atoms. The number of halogens is 3. The Kier molecular flexibility index (Phi) is 2.97. The van der Waals surface area contributed by atoms with E-state index in [2.05, 4.69) is 10.2 Å². The van der Waals surface area contributed by atoms with Crippen molar-refractivity contribution >= 4 is 17.4 Å². The summed E-state index contributed by atoms with van der Waals surface area (Å²) in [7, 11) is 0. The zero-order valence-electron chi connectivity index (χ0n) is 9.18. The Hall–Kier alpha value is -2.45. The summed E-state index contributed by atoms with van der Waals surface area (Å²) < 4.78 is 38.5. The summed E-state index contributed by atoms with van der Waals surface area (Å²) in [5.41, 5.74) is -1.30. The Balaban J connectivity index is 2.62. The van der Waals surface area contributed by atoms with Gasteiger partial charge in [-0.15, -0.1) is 4.91 Å². The number of nitrogens with zero attached hydrogens (tertiary/aromatic N) is 3. The molecule has 0 radical (unpaired) electrons. The van der Waals surface area contributed by atoms with Crippen LogP contribution in [0.4, 0.5) is 19.0 Å². The van der Waals surface area contributed by atoms with Crippen LogP contribution in [0.15, 0.2) is 23.5 Å². The highest BCUT2D eigenvalue weighted by Gasteiger charge is 2.31. The van der Waals surface area contributed by atoms with Gasteiger partial charge in [0.25, 0.3) is 0 Å². The van der Waals surface area contributed by atoms with Gasteiger partial charge in [0.15, 0.2) is 0 Å². The van der Waals surface area contributed by atoms with Gasteiger partial charge < -0.3 is 5.11 Å². The van der Waals surface area contributed by atoms with Crippen LogP contribution < -0.4 is 0 Å². The van der Waals surface area contributed by atoms with Gasteiger partial charge in [-0.05, 0) is 17.3 Å². The van der Waals surface area contributed by atoms with Gasteiger partial charge in [-0.1, -0.05) is 0 Å². The summed E-state index contributed by atoms with van der Waals surface area (Å²) in [6.07, 6.45) is -4.16. The third-order valence-electron chi connectivity index (χ3n) is 2.40. The van der Waals surface area contributed by atoms with Crippen LogP contribution in [0.3, 0.4) is 0 Å². The molecule has 100 valence electrons. The molecular formula is C10H6F3N3O3. The largest absolute Gasteiger partial charge is 0.481 e. The van der Waals surface area contributed by atoms with Crippen molar-refractivity contribution in [1.29, 1.82) is 0 Å². The average molecular weight is 273 g/mol. The van der Waals surface area contributed by atoms with Gasteiger partial charge in [-0.3, -0.25) is 9.20 Å². The number of alkyl halides is 3. The smallest absolute Gasteiger partial charge is 0.416 e. The van der Waals surface area contributed by atoms with Crippen molar-refractivity contribution in [3.8, 4) is 0 Å². The van der Waals surface area contributed by atoms with Crippen molar-refractivity contribution in [2.45, 2.75) is 12.6 Å². The number of hydrogen-bond donors (Lipinski definition) is 1. The van der Waals surface area contributed by atoms with Gasteiger partial charge in [-0.2, -0.15) is 13.2 Å². The first-order valence-electron chi connectivity index (χ1n) is 4.96. The van der Waals surface area contributed by atoms with Gasteiger partial charge in [0, 0.05) is 6.20 Å². The Morgan fingerprint density at radius 3 is 2.68 bits per heavy atom. The maximum absolute atomic E-state index is 12.5. The highest BCUT2D eigenvalue weighted by molar-refractivity contribution is 5.72. The second kappa shape index (κ2) is 4.34.